The summed E-state index contributed by atoms with van der Waals surface area (Å²) in [4.78, 5) is 36.1. The van der Waals surface area contributed by atoms with Gasteiger partial charge in [0.05, 0.1) is 18.4 Å². The number of likely N-dealkylation sites (tertiary alicyclic amines) is 1. The SMILES string of the molecule is CCOC(=O)C1(Cc2cccc(Cl)c2)CCCN(C(=O)Cc2cnc3ncnn3c2)C1. The number of hydrogen-bond acceptors (Lipinski definition) is 6. The Morgan fingerprint density at radius 1 is 1.26 bits per heavy atom. The lowest BCUT2D eigenvalue weighted by molar-refractivity contribution is -0.160. The van der Waals surface area contributed by atoms with Gasteiger partial charge in [0.1, 0.15) is 6.33 Å². The molecule has 31 heavy (non-hydrogen) atoms. The Bertz CT molecular complexity index is 1100. The van der Waals surface area contributed by atoms with Crippen LogP contribution in [0.2, 0.25) is 5.02 Å². The molecule has 1 aliphatic rings. The van der Waals surface area contributed by atoms with Gasteiger partial charge in [-0.1, -0.05) is 23.7 Å². The van der Waals surface area contributed by atoms with Gasteiger partial charge in [-0.3, -0.25) is 9.59 Å². The molecule has 4 rings (SSSR count). The van der Waals surface area contributed by atoms with Gasteiger partial charge in [-0.25, -0.2) is 9.50 Å². The Kier molecular flexibility index (Phi) is 6.18. The fourth-order valence-corrected chi connectivity index (χ4v) is 4.40. The monoisotopic (exact) mass is 441 g/mol. The molecule has 1 unspecified atom stereocenters. The maximum absolute atomic E-state index is 13.1. The van der Waals surface area contributed by atoms with Crippen LogP contribution in [0.3, 0.4) is 0 Å². The number of fused-ring (bicyclic) bond motifs is 1. The van der Waals surface area contributed by atoms with Crippen molar-refractivity contribution in [1.29, 1.82) is 0 Å². The Morgan fingerprint density at radius 2 is 2.13 bits per heavy atom. The second kappa shape index (κ2) is 9.01. The van der Waals surface area contributed by atoms with Crippen molar-refractivity contribution >= 4 is 29.3 Å². The van der Waals surface area contributed by atoms with E-state index in [1.165, 1.54) is 6.33 Å². The van der Waals surface area contributed by atoms with Gasteiger partial charge >= 0.3 is 5.97 Å². The number of hydrogen-bond donors (Lipinski definition) is 0. The number of rotatable bonds is 6. The normalized spacial score (nSPS) is 18.8. The molecule has 0 spiro atoms. The van der Waals surface area contributed by atoms with Crippen LogP contribution in [-0.4, -0.2) is 56.1 Å². The first-order valence-electron chi connectivity index (χ1n) is 10.3. The fourth-order valence-electron chi connectivity index (χ4n) is 4.19. The minimum absolute atomic E-state index is 0.0549. The van der Waals surface area contributed by atoms with Crippen molar-refractivity contribution in [1.82, 2.24) is 24.5 Å². The molecule has 0 bridgehead atoms. The van der Waals surface area contributed by atoms with E-state index in [0.29, 0.717) is 43.3 Å². The van der Waals surface area contributed by atoms with Crippen molar-refractivity contribution in [2.24, 2.45) is 5.41 Å². The Balaban J connectivity index is 1.54. The molecule has 162 valence electrons. The van der Waals surface area contributed by atoms with Crippen molar-refractivity contribution in [3.05, 3.63) is 59.1 Å². The van der Waals surface area contributed by atoms with E-state index in [4.69, 9.17) is 16.3 Å². The van der Waals surface area contributed by atoms with E-state index in [1.54, 1.807) is 34.8 Å². The van der Waals surface area contributed by atoms with Gasteiger partial charge in [0.15, 0.2) is 0 Å². The van der Waals surface area contributed by atoms with E-state index in [9.17, 15) is 9.59 Å². The highest BCUT2D eigenvalue weighted by Crippen LogP contribution is 2.36. The molecule has 1 aliphatic heterocycles. The number of esters is 1. The number of nitrogens with zero attached hydrogens (tertiary/aromatic N) is 5. The van der Waals surface area contributed by atoms with Crippen LogP contribution < -0.4 is 0 Å². The lowest BCUT2D eigenvalue weighted by Gasteiger charge is -2.41. The molecule has 0 aliphatic carbocycles. The minimum Gasteiger partial charge on any atom is -0.466 e. The van der Waals surface area contributed by atoms with Crippen LogP contribution in [0.15, 0.2) is 43.0 Å². The summed E-state index contributed by atoms with van der Waals surface area (Å²) in [6, 6.07) is 7.49. The van der Waals surface area contributed by atoms with Crippen molar-refractivity contribution in [2.45, 2.75) is 32.6 Å². The molecule has 0 saturated carbocycles. The van der Waals surface area contributed by atoms with E-state index in [1.807, 2.05) is 18.2 Å². The summed E-state index contributed by atoms with van der Waals surface area (Å²) in [7, 11) is 0. The standard InChI is InChI=1S/C22H24ClN5O3/c1-2-31-20(30)22(11-16-5-3-6-18(23)9-16)7-4-8-27(14-22)19(29)10-17-12-24-21-25-15-26-28(21)13-17/h3,5-6,9,12-13,15H,2,4,7-8,10-11,14H2,1H3. The Labute approximate surface area is 185 Å². The van der Waals surface area contributed by atoms with Crippen LogP contribution in [0.25, 0.3) is 5.78 Å². The molecular formula is C22H24ClN5O3. The van der Waals surface area contributed by atoms with Gasteiger partial charge < -0.3 is 9.64 Å². The first-order chi connectivity index (χ1) is 15.0. The molecule has 3 heterocycles. The third kappa shape index (κ3) is 4.69. The van der Waals surface area contributed by atoms with Gasteiger partial charge in [0, 0.05) is 30.5 Å². The summed E-state index contributed by atoms with van der Waals surface area (Å²) in [6.45, 7) is 3.02. The molecule has 1 amide bonds. The third-order valence-electron chi connectivity index (χ3n) is 5.61. The number of ether oxygens (including phenoxy) is 1. The number of carbonyl (C=O) groups excluding carboxylic acids is 2. The largest absolute Gasteiger partial charge is 0.466 e. The summed E-state index contributed by atoms with van der Waals surface area (Å²) in [5.74, 6) is 0.163. The van der Waals surface area contributed by atoms with E-state index < -0.39 is 5.41 Å². The average Bonchev–Trinajstić information content (AvgIpc) is 3.22. The average molecular weight is 442 g/mol. The third-order valence-corrected chi connectivity index (χ3v) is 5.85. The topological polar surface area (TPSA) is 89.7 Å². The van der Waals surface area contributed by atoms with Gasteiger partial charge in [-0.15, -0.1) is 0 Å². The molecule has 1 atom stereocenters. The molecule has 0 N–H and O–H groups in total. The quantitative estimate of drug-likeness (QED) is 0.546. The van der Waals surface area contributed by atoms with Gasteiger partial charge in [0.2, 0.25) is 5.91 Å². The number of aromatic nitrogens is 4. The second-order valence-electron chi connectivity index (χ2n) is 7.87. The molecular weight excluding hydrogens is 418 g/mol. The fraction of sp³-hybridized carbons (Fsp3) is 0.409. The van der Waals surface area contributed by atoms with Crippen LogP contribution in [0.1, 0.15) is 30.9 Å². The van der Waals surface area contributed by atoms with E-state index in [0.717, 1.165) is 17.5 Å². The summed E-state index contributed by atoms with van der Waals surface area (Å²) in [5, 5.41) is 4.69. The first-order valence-corrected chi connectivity index (χ1v) is 10.7. The lowest BCUT2D eigenvalue weighted by atomic mass is 9.75. The summed E-state index contributed by atoms with van der Waals surface area (Å²) in [5.41, 5.74) is 0.906. The smallest absolute Gasteiger partial charge is 0.314 e. The van der Waals surface area contributed by atoms with Gasteiger partial charge in [-0.05, 0) is 49.4 Å². The lowest BCUT2D eigenvalue weighted by Crippen LogP contribution is -2.52. The summed E-state index contributed by atoms with van der Waals surface area (Å²) in [6.07, 6.45) is 6.85. The maximum atomic E-state index is 13.1. The Hall–Kier alpha value is -3.00. The highest BCUT2D eigenvalue weighted by Gasteiger charge is 2.44. The maximum Gasteiger partial charge on any atom is 0.314 e. The van der Waals surface area contributed by atoms with Crippen molar-refractivity contribution in [3.8, 4) is 0 Å². The second-order valence-corrected chi connectivity index (χ2v) is 8.31. The number of halogens is 1. The summed E-state index contributed by atoms with van der Waals surface area (Å²) < 4.78 is 6.98. The zero-order chi connectivity index (χ0) is 21.8. The molecule has 2 aromatic heterocycles. The van der Waals surface area contributed by atoms with E-state index in [-0.39, 0.29) is 18.3 Å². The number of piperidine rings is 1. The van der Waals surface area contributed by atoms with E-state index in [2.05, 4.69) is 15.1 Å². The molecule has 1 fully saturated rings. The molecule has 3 aromatic rings. The molecule has 8 nitrogen and oxygen atoms in total. The predicted octanol–water partition coefficient (Wildman–Crippen LogP) is 2.73. The zero-order valence-corrected chi connectivity index (χ0v) is 18.1. The Morgan fingerprint density at radius 3 is 2.94 bits per heavy atom. The number of carbonyl (C=O) groups is 2. The zero-order valence-electron chi connectivity index (χ0n) is 17.3. The van der Waals surface area contributed by atoms with Crippen LogP contribution in [0.4, 0.5) is 0 Å². The predicted molar refractivity (Wildman–Crippen MR) is 115 cm³/mol. The van der Waals surface area contributed by atoms with E-state index >= 15 is 0 Å². The minimum atomic E-state index is -0.789. The number of amides is 1. The molecule has 9 heteroatoms. The van der Waals surface area contributed by atoms with Crippen molar-refractivity contribution in [2.75, 3.05) is 19.7 Å². The van der Waals surface area contributed by atoms with Crippen LogP contribution in [-0.2, 0) is 27.2 Å². The van der Waals surface area contributed by atoms with Crippen molar-refractivity contribution < 1.29 is 14.3 Å². The number of benzene rings is 1. The molecule has 0 radical (unpaired) electrons. The van der Waals surface area contributed by atoms with Crippen LogP contribution >= 0.6 is 11.6 Å². The van der Waals surface area contributed by atoms with Crippen LogP contribution in [0, 0.1) is 5.41 Å². The highest BCUT2D eigenvalue weighted by molar-refractivity contribution is 6.30. The summed E-state index contributed by atoms with van der Waals surface area (Å²) >= 11 is 6.15. The molecule has 1 saturated heterocycles. The highest BCUT2D eigenvalue weighted by atomic mass is 35.5. The van der Waals surface area contributed by atoms with Crippen molar-refractivity contribution in [3.63, 3.8) is 0 Å². The molecule has 1 aromatic carbocycles. The van der Waals surface area contributed by atoms with Gasteiger partial charge in [0.25, 0.3) is 5.78 Å². The first kappa shape index (κ1) is 21.2. The van der Waals surface area contributed by atoms with Crippen LogP contribution in [0.5, 0.6) is 0 Å². The van der Waals surface area contributed by atoms with Gasteiger partial charge in [-0.2, -0.15) is 10.1 Å².